The maximum atomic E-state index is 11.9. The summed E-state index contributed by atoms with van der Waals surface area (Å²) in [6.45, 7) is 4.70. The molecule has 0 aliphatic carbocycles. The topological polar surface area (TPSA) is 93.9 Å². The number of nitrogens with zero attached hydrogens (tertiary/aromatic N) is 1. The van der Waals surface area contributed by atoms with Gasteiger partial charge < -0.3 is 15.4 Å². The van der Waals surface area contributed by atoms with Crippen molar-refractivity contribution in [2.75, 3.05) is 25.4 Å². The molecule has 0 fully saturated rings. The maximum absolute atomic E-state index is 11.9. The molecular weight excluding hydrogens is 310 g/mol. The van der Waals surface area contributed by atoms with Crippen molar-refractivity contribution in [1.82, 2.24) is 10.4 Å². The van der Waals surface area contributed by atoms with Gasteiger partial charge in [-0.2, -0.15) is 0 Å². The Hall–Kier alpha value is -2.54. The van der Waals surface area contributed by atoms with Gasteiger partial charge in [0.05, 0.1) is 12.1 Å². The van der Waals surface area contributed by atoms with Gasteiger partial charge in [0, 0.05) is 24.3 Å². The Morgan fingerprint density at radius 3 is 2.75 bits per heavy atom. The number of hydrogen-bond acceptors (Lipinski definition) is 6. The molecule has 0 aromatic heterocycles. The smallest absolute Gasteiger partial charge is 0.309 e. The molecule has 7 nitrogen and oxygen atoms in total. The molecule has 1 amide bonds. The molecule has 1 atom stereocenters. The van der Waals surface area contributed by atoms with Gasteiger partial charge in [-0.25, -0.2) is 0 Å². The van der Waals surface area contributed by atoms with Crippen molar-refractivity contribution in [2.45, 2.75) is 26.4 Å². The monoisotopic (exact) mass is 333 g/mol. The predicted molar refractivity (Wildman–Crippen MR) is 90.3 cm³/mol. The third-order valence-corrected chi connectivity index (χ3v) is 3.71. The van der Waals surface area contributed by atoms with Crippen molar-refractivity contribution in [2.24, 2.45) is 0 Å². The highest BCUT2D eigenvalue weighted by molar-refractivity contribution is 5.81. The quantitative estimate of drug-likeness (QED) is 0.577. The van der Waals surface area contributed by atoms with Crippen LogP contribution in [0.1, 0.15) is 25.8 Å². The van der Waals surface area contributed by atoms with Crippen molar-refractivity contribution >= 4 is 23.3 Å². The third kappa shape index (κ3) is 4.73. The molecule has 130 valence electrons. The van der Waals surface area contributed by atoms with E-state index in [-0.39, 0.29) is 18.9 Å². The fraction of sp³-hybridized carbons (Fsp3) is 0.412. The number of carbonyl (C=O) groups is 2. The van der Waals surface area contributed by atoms with E-state index in [1.165, 1.54) is 0 Å². The molecule has 1 unspecified atom stereocenters. The van der Waals surface area contributed by atoms with E-state index >= 15 is 0 Å². The zero-order valence-corrected chi connectivity index (χ0v) is 14.0. The second-order valence-corrected chi connectivity index (χ2v) is 5.40. The van der Waals surface area contributed by atoms with E-state index in [9.17, 15) is 9.59 Å². The Kier molecular flexibility index (Phi) is 6.20. The number of nitrogens with one attached hydrogen (secondary N) is 1. The van der Waals surface area contributed by atoms with Crippen LogP contribution in [0.2, 0.25) is 0 Å². The molecule has 1 aromatic carbocycles. The van der Waals surface area contributed by atoms with Gasteiger partial charge in [0.2, 0.25) is 0 Å². The first-order chi connectivity index (χ1) is 11.5. The number of likely N-dealkylation sites (N-methyl/N-ethyl adjacent to an activating group) is 1. The summed E-state index contributed by atoms with van der Waals surface area (Å²) in [4.78, 5) is 30.6. The number of hydrogen-bond donors (Lipinski definition) is 2. The van der Waals surface area contributed by atoms with Crippen LogP contribution in [-0.4, -0.2) is 42.6 Å². The van der Waals surface area contributed by atoms with Gasteiger partial charge in [-0.15, -0.1) is 0 Å². The lowest BCUT2D eigenvalue weighted by Crippen LogP contribution is -2.34. The molecule has 0 saturated carbocycles. The largest absolute Gasteiger partial charge is 0.455 e. The molecule has 0 bridgehead atoms. The first-order valence-corrected chi connectivity index (χ1v) is 7.96. The first-order valence-electron chi connectivity index (χ1n) is 7.96. The minimum atomic E-state index is -0.479. The van der Waals surface area contributed by atoms with E-state index in [2.05, 4.69) is 5.48 Å². The fourth-order valence-electron chi connectivity index (χ4n) is 2.39. The van der Waals surface area contributed by atoms with Gasteiger partial charge in [-0.1, -0.05) is 12.1 Å². The molecule has 0 saturated heterocycles. The number of carbonyl (C=O) groups excluding carboxylic acids is 2. The predicted octanol–water partition coefficient (Wildman–Crippen LogP) is 1.31. The standard InChI is InChI=1S/C17H23N3O4/c1-3-20(4-2)16(21)11-23-17(22)10-14-9-15(19-24-14)12-6-5-7-13(18)8-12/h5-9,14,19H,3-4,10-11,18H2,1-2H3. The highest BCUT2D eigenvalue weighted by atomic mass is 16.7. The van der Waals surface area contributed by atoms with E-state index in [1.807, 2.05) is 32.0 Å². The van der Waals surface area contributed by atoms with Crippen LogP contribution in [0.15, 0.2) is 30.3 Å². The average molecular weight is 333 g/mol. The number of nitrogens with two attached hydrogens (primary N) is 1. The molecule has 7 heteroatoms. The highest BCUT2D eigenvalue weighted by Crippen LogP contribution is 2.21. The number of esters is 1. The highest BCUT2D eigenvalue weighted by Gasteiger charge is 2.22. The fourth-order valence-corrected chi connectivity index (χ4v) is 2.39. The van der Waals surface area contributed by atoms with Crippen LogP contribution in [0.25, 0.3) is 5.70 Å². The summed E-state index contributed by atoms with van der Waals surface area (Å²) in [7, 11) is 0. The second kappa shape index (κ2) is 8.35. The van der Waals surface area contributed by atoms with Crippen molar-refractivity contribution in [1.29, 1.82) is 0 Å². The molecule has 0 spiro atoms. The summed E-state index contributed by atoms with van der Waals surface area (Å²) in [6.07, 6.45) is 1.38. The molecule has 0 radical (unpaired) electrons. The molecule has 1 aliphatic rings. The van der Waals surface area contributed by atoms with Crippen LogP contribution >= 0.6 is 0 Å². The Bertz CT molecular complexity index is 626. The average Bonchev–Trinajstić information content (AvgIpc) is 3.02. The normalized spacial score (nSPS) is 16.2. The second-order valence-electron chi connectivity index (χ2n) is 5.40. The van der Waals surface area contributed by atoms with Gasteiger partial charge in [0.25, 0.3) is 5.91 Å². The zero-order valence-electron chi connectivity index (χ0n) is 14.0. The molecular formula is C17H23N3O4. The number of anilines is 1. The van der Waals surface area contributed by atoms with Crippen molar-refractivity contribution in [3.8, 4) is 0 Å². The van der Waals surface area contributed by atoms with Gasteiger partial charge in [0.1, 0.15) is 6.10 Å². The lowest BCUT2D eigenvalue weighted by molar-refractivity contribution is -0.153. The molecule has 1 aromatic rings. The van der Waals surface area contributed by atoms with Crippen LogP contribution < -0.4 is 11.2 Å². The molecule has 24 heavy (non-hydrogen) atoms. The molecule has 3 N–H and O–H groups in total. The summed E-state index contributed by atoms with van der Waals surface area (Å²) in [5.74, 6) is -0.679. The van der Waals surface area contributed by atoms with Crippen LogP contribution in [-0.2, 0) is 19.2 Å². The van der Waals surface area contributed by atoms with Crippen molar-refractivity contribution in [3.05, 3.63) is 35.9 Å². The lowest BCUT2D eigenvalue weighted by atomic mass is 10.1. The number of hydroxylamine groups is 1. The summed E-state index contributed by atoms with van der Waals surface area (Å²) >= 11 is 0. The van der Waals surface area contributed by atoms with Crippen LogP contribution in [0.5, 0.6) is 0 Å². The van der Waals surface area contributed by atoms with Gasteiger partial charge in [0.15, 0.2) is 6.61 Å². The number of benzene rings is 1. The van der Waals surface area contributed by atoms with E-state index in [0.29, 0.717) is 18.8 Å². The lowest BCUT2D eigenvalue weighted by Gasteiger charge is -2.18. The number of nitrogen functional groups attached to an aromatic ring is 1. The molecule has 1 heterocycles. The Labute approximate surface area is 141 Å². The molecule has 2 rings (SSSR count). The van der Waals surface area contributed by atoms with Crippen LogP contribution in [0.3, 0.4) is 0 Å². The zero-order chi connectivity index (χ0) is 17.5. The Morgan fingerprint density at radius 1 is 1.33 bits per heavy atom. The number of amides is 1. The minimum absolute atomic E-state index is 0.0321. The first kappa shape index (κ1) is 17.8. The maximum Gasteiger partial charge on any atom is 0.309 e. The van der Waals surface area contributed by atoms with E-state index in [4.69, 9.17) is 15.3 Å². The summed E-state index contributed by atoms with van der Waals surface area (Å²) in [6, 6.07) is 7.34. The van der Waals surface area contributed by atoms with Crippen molar-refractivity contribution in [3.63, 3.8) is 0 Å². The Morgan fingerprint density at radius 2 is 2.08 bits per heavy atom. The minimum Gasteiger partial charge on any atom is -0.455 e. The summed E-state index contributed by atoms with van der Waals surface area (Å²) in [5, 5.41) is 0. The SMILES string of the molecule is CCN(CC)C(=O)COC(=O)CC1C=C(c2cccc(N)c2)NO1. The Balaban J connectivity index is 1.84. The van der Waals surface area contributed by atoms with Crippen LogP contribution in [0, 0.1) is 0 Å². The van der Waals surface area contributed by atoms with Crippen LogP contribution in [0.4, 0.5) is 5.69 Å². The van der Waals surface area contributed by atoms with Gasteiger partial charge >= 0.3 is 5.97 Å². The summed E-state index contributed by atoms with van der Waals surface area (Å²) < 4.78 is 5.02. The number of ether oxygens (including phenoxy) is 1. The van der Waals surface area contributed by atoms with Crippen molar-refractivity contribution < 1.29 is 19.2 Å². The van der Waals surface area contributed by atoms with E-state index < -0.39 is 12.1 Å². The summed E-state index contributed by atoms with van der Waals surface area (Å²) in [5.41, 5.74) is 10.8. The van der Waals surface area contributed by atoms with Gasteiger partial charge in [-0.3, -0.25) is 19.9 Å². The van der Waals surface area contributed by atoms with E-state index in [0.717, 1.165) is 11.3 Å². The number of rotatable bonds is 7. The van der Waals surface area contributed by atoms with E-state index in [1.54, 1.807) is 17.0 Å². The third-order valence-electron chi connectivity index (χ3n) is 3.71. The molecule has 1 aliphatic heterocycles. The van der Waals surface area contributed by atoms with Gasteiger partial charge in [-0.05, 0) is 32.1 Å².